The molecule has 37 heavy (non-hydrogen) atoms. The number of aryl methyl sites for hydroxylation is 1. The summed E-state index contributed by atoms with van der Waals surface area (Å²) in [6, 6.07) is 3.79. The van der Waals surface area contributed by atoms with Crippen LogP contribution in [-0.4, -0.2) is 64.8 Å². The topological polar surface area (TPSA) is 115 Å². The van der Waals surface area contributed by atoms with Crippen molar-refractivity contribution in [2.45, 2.75) is 77.7 Å². The van der Waals surface area contributed by atoms with Gasteiger partial charge < -0.3 is 26.0 Å². The molecule has 0 bridgehead atoms. The van der Waals surface area contributed by atoms with E-state index in [1.807, 2.05) is 0 Å². The predicted octanol–water partition coefficient (Wildman–Crippen LogP) is 4.07. The van der Waals surface area contributed by atoms with E-state index in [1.54, 1.807) is 6.33 Å². The molecule has 2 aliphatic rings. The number of anilines is 3. The lowest BCUT2D eigenvalue weighted by Gasteiger charge is -2.34. The first-order valence-electron chi connectivity index (χ1n) is 14.1. The van der Waals surface area contributed by atoms with Gasteiger partial charge in [-0.05, 0) is 56.2 Å². The van der Waals surface area contributed by atoms with Crippen LogP contribution in [0.2, 0.25) is 0 Å². The lowest BCUT2D eigenvalue weighted by atomic mass is 9.92. The molecule has 0 aromatic carbocycles. The van der Waals surface area contributed by atoms with Gasteiger partial charge in [-0.3, -0.25) is 4.79 Å². The average Bonchev–Trinajstić information content (AvgIpc) is 2.94. The van der Waals surface area contributed by atoms with E-state index in [9.17, 15) is 9.90 Å². The number of piperidine rings is 1. The quantitative estimate of drug-likeness (QED) is 0.336. The van der Waals surface area contributed by atoms with Gasteiger partial charge in [0, 0.05) is 43.4 Å². The van der Waals surface area contributed by atoms with E-state index in [2.05, 4.69) is 63.7 Å². The fraction of sp³-hybridized carbons (Fsp3) is 0.643. The van der Waals surface area contributed by atoms with Gasteiger partial charge >= 0.3 is 5.97 Å². The first-order valence-corrected chi connectivity index (χ1v) is 14.1. The summed E-state index contributed by atoms with van der Waals surface area (Å²) in [5.74, 6) is 2.84. The lowest BCUT2D eigenvalue weighted by Crippen LogP contribution is -2.44. The van der Waals surface area contributed by atoms with E-state index in [4.69, 9.17) is 4.98 Å². The Kier molecular flexibility index (Phi) is 9.55. The molecule has 1 fully saturated rings. The normalized spacial score (nSPS) is 16.8. The van der Waals surface area contributed by atoms with Crippen molar-refractivity contribution in [2.24, 2.45) is 5.92 Å². The molecule has 2 aromatic heterocycles. The van der Waals surface area contributed by atoms with Crippen LogP contribution in [0.15, 0.2) is 18.5 Å². The van der Waals surface area contributed by atoms with Crippen LogP contribution in [0.5, 0.6) is 0 Å². The largest absolute Gasteiger partial charge is 0.480 e. The van der Waals surface area contributed by atoms with Crippen molar-refractivity contribution in [1.29, 1.82) is 0 Å². The van der Waals surface area contributed by atoms with Crippen molar-refractivity contribution in [3.8, 4) is 0 Å². The maximum atomic E-state index is 11.9. The number of aliphatic carboxylic acids is 1. The number of nitrogens with one attached hydrogen (secondary N) is 3. The van der Waals surface area contributed by atoms with E-state index >= 15 is 0 Å². The van der Waals surface area contributed by atoms with E-state index in [1.165, 1.54) is 17.7 Å². The zero-order valence-electron chi connectivity index (χ0n) is 22.6. The van der Waals surface area contributed by atoms with Crippen molar-refractivity contribution in [1.82, 2.24) is 20.3 Å². The highest BCUT2D eigenvalue weighted by molar-refractivity contribution is 5.74. The molecule has 4 N–H and O–H groups in total. The van der Waals surface area contributed by atoms with Gasteiger partial charge in [0.15, 0.2) is 0 Å². The number of hydrogen-bond acceptors (Lipinski definition) is 8. The van der Waals surface area contributed by atoms with Crippen molar-refractivity contribution < 1.29 is 9.90 Å². The third-order valence-corrected chi connectivity index (χ3v) is 7.98. The fourth-order valence-electron chi connectivity index (χ4n) is 5.44. The van der Waals surface area contributed by atoms with Crippen LogP contribution in [0.3, 0.4) is 0 Å². The highest BCUT2D eigenvalue weighted by Gasteiger charge is 2.26. The lowest BCUT2D eigenvalue weighted by molar-refractivity contribution is -0.139. The van der Waals surface area contributed by atoms with Crippen molar-refractivity contribution >= 4 is 23.4 Å². The molecular weight excluding hydrogens is 466 g/mol. The third-order valence-electron chi connectivity index (χ3n) is 7.98. The van der Waals surface area contributed by atoms with Gasteiger partial charge in [0.25, 0.3) is 0 Å². The van der Waals surface area contributed by atoms with Crippen LogP contribution >= 0.6 is 0 Å². The van der Waals surface area contributed by atoms with Crippen molar-refractivity contribution in [3.05, 3.63) is 35.3 Å². The predicted molar refractivity (Wildman–Crippen MR) is 149 cm³/mol. The summed E-state index contributed by atoms with van der Waals surface area (Å²) in [4.78, 5) is 28.3. The minimum atomic E-state index is -0.848. The van der Waals surface area contributed by atoms with Crippen molar-refractivity contribution in [3.63, 3.8) is 0 Å². The average molecular weight is 510 g/mol. The minimum Gasteiger partial charge on any atom is -0.480 e. The molecule has 1 saturated heterocycles. The fourth-order valence-corrected chi connectivity index (χ4v) is 5.44. The molecule has 0 saturated carbocycles. The Balaban J connectivity index is 1.39. The molecule has 0 aliphatic carbocycles. The summed E-state index contributed by atoms with van der Waals surface area (Å²) in [5.41, 5.74) is 3.56. The van der Waals surface area contributed by atoms with Crippen molar-refractivity contribution in [2.75, 3.05) is 48.3 Å². The van der Waals surface area contributed by atoms with Crippen LogP contribution in [-0.2, 0) is 17.6 Å². The van der Waals surface area contributed by atoms with Gasteiger partial charge in [0.1, 0.15) is 29.8 Å². The standard InChI is InChI=1S/C28H43N7O2/c1-4-19(5-2)16-30-24(28(36)37)17-31-26-22(6-3)27(33-18-32-26)35-14-11-20(12-15-35)23-10-9-21-8-7-13-29-25(21)34-23/h9-10,18-20,24,30H,4-8,11-17H2,1-3H3,(H,29,34)(H,36,37)(H,31,32,33). The SMILES string of the molecule is CCc1c(NCC(NCC(CC)CC)C(=O)O)ncnc1N1CCC(c2ccc3c(n2)NCCC3)CC1. The number of carboxylic acids is 1. The molecule has 202 valence electrons. The number of rotatable bonds is 12. The molecule has 2 aromatic rings. The van der Waals surface area contributed by atoms with Gasteiger partial charge in [-0.2, -0.15) is 0 Å². The van der Waals surface area contributed by atoms with E-state index < -0.39 is 12.0 Å². The zero-order chi connectivity index (χ0) is 26.2. The molecule has 4 heterocycles. The molecular formula is C28H43N7O2. The highest BCUT2D eigenvalue weighted by Crippen LogP contribution is 2.33. The maximum Gasteiger partial charge on any atom is 0.322 e. The first-order chi connectivity index (χ1) is 18.0. The van der Waals surface area contributed by atoms with Gasteiger partial charge in [-0.15, -0.1) is 0 Å². The minimum absolute atomic E-state index is 0.277. The molecule has 9 nitrogen and oxygen atoms in total. The smallest absolute Gasteiger partial charge is 0.322 e. The number of pyridine rings is 1. The summed E-state index contributed by atoms with van der Waals surface area (Å²) in [5, 5.41) is 19.7. The Morgan fingerprint density at radius 3 is 2.65 bits per heavy atom. The molecule has 2 aliphatic heterocycles. The molecule has 0 spiro atoms. The Morgan fingerprint density at radius 1 is 1.16 bits per heavy atom. The number of hydrogen-bond donors (Lipinski definition) is 4. The van der Waals surface area contributed by atoms with E-state index in [-0.39, 0.29) is 6.54 Å². The van der Waals surface area contributed by atoms with Crippen LogP contribution in [0.25, 0.3) is 0 Å². The Labute approximate surface area is 220 Å². The maximum absolute atomic E-state index is 11.9. The number of carbonyl (C=O) groups is 1. The van der Waals surface area contributed by atoms with Crippen LogP contribution < -0.4 is 20.9 Å². The van der Waals surface area contributed by atoms with E-state index in [0.29, 0.717) is 18.4 Å². The summed E-state index contributed by atoms with van der Waals surface area (Å²) in [6.07, 6.45) is 8.78. The molecule has 1 atom stereocenters. The monoisotopic (exact) mass is 509 g/mol. The second-order valence-corrected chi connectivity index (χ2v) is 10.3. The third kappa shape index (κ3) is 6.69. The number of aromatic nitrogens is 3. The second-order valence-electron chi connectivity index (χ2n) is 10.3. The summed E-state index contributed by atoms with van der Waals surface area (Å²) in [7, 11) is 0. The Morgan fingerprint density at radius 2 is 1.95 bits per heavy atom. The zero-order valence-corrected chi connectivity index (χ0v) is 22.6. The number of carboxylic acid groups (broad SMARTS) is 1. The van der Waals surface area contributed by atoms with Crippen LogP contribution in [0, 0.1) is 5.92 Å². The van der Waals surface area contributed by atoms with Crippen LogP contribution in [0.1, 0.15) is 75.6 Å². The van der Waals surface area contributed by atoms with Gasteiger partial charge in [0.05, 0.1) is 0 Å². The van der Waals surface area contributed by atoms with E-state index in [0.717, 1.165) is 81.2 Å². The second kappa shape index (κ2) is 13.0. The summed E-state index contributed by atoms with van der Waals surface area (Å²) < 4.78 is 0. The van der Waals surface area contributed by atoms with Gasteiger partial charge in [-0.25, -0.2) is 15.0 Å². The molecule has 9 heteroatoms. The molecule has 4 rings (SSSR count). The van der Waals surface area contributed by atoms with Gasteiger partial charge in [0.2, 0.25) is 0 Å². The summed E-state index contributed by atoms with van der Waals surface area (Å²) >= 11 is 0. The van der Waals surface area contributed by atoms with Crippen LogP contribution in [0.4, 0.5) is 17.5 Å². The first kappa shape index (κ1) is 27.1. The molecule has 0 amide bonds. The Hall–Kier alpha value is -2.94. The van der Waals surface area contributed by atoms with Gasteiger partial charge in [-0.1, -0.05) is 39.7 Å². The molecule has 1 unspecified atom stereocenters. The highest BCUT2D eigenvalue weighted by atomic mass is 16.4. The number of fused-ring (bicyclic) bond motifs is 1. The Bertz CT molecular complexity index is 1040. The number of nitrogens with zero attached hydrogens (tertiary/aromatic N) is 4. The molecule has 0 radical (unpaired) electrons. The summed E-state index contributed by atoms with van der Waals surface area (Å²) in [6.45, 7) is 10.2.